The maximum Gasteiger partial charge on any atom is 0.223 e. The third kappa shape index (κ3) is 4.63. The molecule has 0 radical (unpaired) electrons. The monoisotopic (exact) mass is 259 g/mol. The lowest BCUT2D eigenvalue weighted by Crippen LogP contribution is -2.37. The molecule has 0 fully saturated rings. The van der Waals surface area contributed by atoms with Crippen molar-refractivity contribution in [3.63, 3.8) is 0 Å². The first-order valence-corrected chi connectivity index (χ1v) is 6.56. The van der Waals surface area contributed by atoms with Crippen molar-refractivity contribution < 1.29 is 4.79 Å². The molecule has 2 N–H and O–H groups in total. The molecule has 0 atom stereocenters. The highest BCUT2D eigenvalue weighted by Gasteiger charge is 2.16. The van der Waals surface area contributed by atoms with E-state index in [0.717, 1.165) is 11.3 Å². The number of benzene rings is 1. The third-order valence-electron chi connectivity index (χ3n) is 3.07. The zero-order valence-corrected chi connectivity index (χ0v) is 11.6. The fourth-order valence-corrected chi connectivity index (χ4v) is 1.99. The summed E-state index contributed by atoms with van der Waals surface area (Å²) < 4.78 is 0. The molecule has 0 aliphatic carbocycles. The van der Waals surface area contributed by atoms with Gasteiger partial charge in [-0.25, -0.2) is 0 Å². The second-order valence-corrected chi connectivity index (χ2v) is 4.79. The number of rotatable bonds is 6. The van der Waals surface area contributed by atoms with Gasteiger partial charge in [0.25, 0.3) is 0 Å². The van der Waals surface area contributed by atoms with E-state index >= 15 is 0 Å². The van der Waals surface area contributed by atoms with Crippen molar-refractivity contribution in [2.75, 3.05) is 12.3 Å². The number of amides is 1. The van der Waals surface area contributed by atoms with Gasteiger partial charge in [-0.15, -0.1) is 0 Å². The second kappa shape index (κ2) is 7.42. The summed E-state index contributed by atoms with van der Waals surface area (Å²) in [7, 11) is 0. The highest BCUT2D eigenvalue weighted by atomic mass is 16.2. The molecule has 1 amide bonds. The summed E-state index contributed by atoms with van der Waals surface area (Å²) in [4.78, 5) is 13.9. The minimum absolute atomic E-state index is 0.0773. The number of nitriles is 1. The summed E-state index contributed by atoms with van der Waals surface area (Å²) in [5.74, 6) is 0.0773. The Morgan fingerprint density at radius 3 is 2.68 bits per heavy atom. The molecule has 0 aromatic heterocycles. The summed E-state index contributed by atoms with van der Waals surface area (Å²) in [5.41, 5.74) is 7.58. The van der Waals surface area contributed by atoms with Gasteiger partial charge in [0.2, 0.25) is 5.91 Å². The van der Waals surface area contributed by atoms with Gasteiger partial charge in [0.15, 0.2) is 0 Å². The van der Waals surface area contributed by atoms with Gasteiger partial charge in [-0.3, -0.25) is 4.79 Å². The van der Waals surface area contributed by atoms with Gasteiger partial charge in [0, 0.05) is 24.7 Å². The van der Waals surface area contributed by atoms with Crippen molar-refractivity contribution in [2.24, 2.45) is 0 Å². The van der Waals surface area contributed by atoms with Gasteiger partial charge >= 0.3 is 0 Å². The molecule has 19 heavy (non-hydrogen) atoms. The molecular weight excluding hydrogens is 238 g/mol. The minimum Gasteiger partial charge on any atom is -0.399 e. The molecule has 0 unspecified atom stereocenters. The normalized spacial score (nSPS) is 10.2. The van der Waals surface area contributed by atoms with Gasteiger partial charge in [-0.2, -0.15) is 5.26 Å². The van der Waals surface area contributed by atoms with E-state index in [1.54, 1.807) is 4.90 Å². The minimum atomic E-state index is 0.0773. The van der Waals surface area contributed by atoms with Crippen molar-refractivity contribution >= 4 is 11.6 Å². The zero-order valence-electron chi connectivity index (χ0n) is 11.6. The predicted molar refractivity (Wildman–Crippen MR) is 76.3 cm³/mol. The Kier molecular flexibility index (Phi) is 5.87. The van der Waals surface area contributed by atoms with Crippen LogP contribution in [-0.2, 0) is 11.2 Å². The van der Waals surface area contributed by atoms with Crippen molar-refractivity contribution in [2.45, 2.75) is 39.2 Å². The Bertz CT molecular complexity index is 463. The van der Waals surface area contributed by atoms with E-state index in [9.17, 15) is 4.79 Å². The first-order chi connectivity index (χ1) is 9.06. The van der Waals surface area contributed by atoms with Crippen molar-refractivity contribution in [3.05, 3.63) is 29.8 Å². The summed E-state index contributed by atoms with van der Waals surface area (Å²) in [6.45, 7) is 4.43. The Labute approximate surface area is 114 Å². The smallest absolute Gasteiger partial charge is 0.223 e. The van der Waals surface area contributed by atoms with Gasteiger partial charge < -0.3 is 10.6 Å². The highest BCUT2D eigenvalue weighted by Crippen LogP contribution is 2.14. The van der Waals surface area contributed by atoms with E-state index in [1.165, 1.54) is 0 Å². The van der Waals surface area contributed by atoms with Crippen molar-refractivity contribution in [3.8, 4) is 6.07 Å². The largest absolute Gasteiger partial charge is 0.399 e. The number of aryl methyl sites for hydroxylation is 1. The summed E-state index contributed by atoms with van der Waals surface area (Å²) in [6.07, 6.45) is 1.44. The molecule has 0 aliphatic rings. The van der Waals surface area contributed by atoms with Gasteiger partial charge in [0.1, 0.15) is 0 Å². The van der Waals surface area contributed by atoms with Crippen molar-refractivity contribution in [1.29, 1.82) is 5.26 Å². The van der Waals surface area contributed by atoms with Gasteiger partial charge in [-0.1, -0.05) is 18.2 Å². The number of para-hydroxylation sites is 1. The van der Waals surface area contributed by atoms with Crippen LogP contribution in [0.3, 0.4) is 0 Å². The third-order valence-corrected chi connectivity index (χ3v) is 3.07. The summed E-state index contributed by atoms with van der Waals surface area (Å²) in [5, 5.41) is 8.62. The number of nitrogens with two attached hydrogens (primary N) is 1. The van der Waals surface area contributed by atoms with Crippen LogP contribution in [-0.4, -0.2) is 23.4 Å². The molecule has 1 aromatic carbocycles. The van der Waals surface area contributed by atoms with Crippen LogP contribution in [0.15, 0.2) is 24.3 Å². The Morgan fingerprint density at radius 1 is 1.42 bits per heavy atom. The molecule has 1 rings (SSSR count). The molecule has 1 aromatic rings. The Balaban J connectivity index is 2.58. The second-order valence-electron chi connectivity index (χ2n) is 4.79. The number of nitrogens with zero attached hydrogens (tertiary/aromatic N) is 2. The number of hydrogen-bond acceptors (Lipinski definition) is 3. The van der Waals surface area contributed by atoms with Crippen LogP contribution >= 0.6 is 0 Å². The van der Waals surface area contributed by atoms with E-state index in [0.29, 0.717) is 25.8 Å². The lowest BCUT2D eigenvalue weighted by atomic mass is 10.1. The van der Waals surface area contributed by atoms with Crippen molar-refractivity contribution in [1.82, 2.24) is 4.90 Å². The molecule has 0 bridgehead atoms. The highest BCUT2D eigenvalue weighted by molar-refractivity contribution is 5.77. The van der Waals surface area contributed by atoms with Crippen LogP contribution in [0.5, 0.6) is 0 Å². The Morgan fingerprint density at radius 2 is 2.11 bits per heavy atom. The van der Waals surface area contributed by atoms with E-state index in [4.69, 9.17) is 11.0 Å². The van der Waals surface area contributed by atoms with Gasteiger partial charge in [0.05, 0.1) is 12.5 Å². The van der Waals surface area contributed by atoms with Crippen LogP contribution < -0.4 is 5.73 Å². The maximum absolute atomic E-state index is 12.2. The molecule has 0 saturated carbocycles. The molecule has 0 aliphatic heterocycles. The van der Waals surface area contributed by atoms with E-state index < -0.39 is 0 Å². The van der Waals surface area contributed by atoms with Crippen LogP contribution in [0.2, 0.25) is 0 Å². The predicted octanol–water partition coefficient (Wildman–Crippen LogP) is 2.35. The molecule has 0 saturated heterocycles. The lowest BCUT2D eigenvalue weighted by molar-refractivity contribution is -0.132. The fraction of sp³-hybridized carbons (Fsp3) is 0.467. The summed E-state index contributed by atoms with van der Waals surface area (Å²) >= 11 is 0. The quantitative estimate of drug-likeness (QED) is 0.797. The average molecular weight is 259 g/mol. The number of nitrogen functional groups attached to an aromatic ring is 1. The maximum atomic E-state index is 12.2. The molecule has 102 valence electrons. The molecule has 4 heteroatoms. The number of carbonyl (C=O) groups excluding carboxylic acids is 1. The van der Waals surface area contributed by atoms with E-state index in [2.05, 4.69) is 6.07 Å². The number of carbonyl (C=O) groups is 1. The molecule has 0 spiro atoms. The first-order valence-electron chi connectivity index (χ1n) is 6.56. The SMILES string of the molecule is CC(C)N(CCC#N)C(=O)CCc1ccccc1N. The average Bonchev–Trinajstić information content (AvgIpc) is 2.38. The molecular formula is C15H21N3O. The van der Waals surface area contributed by atoms with E-state index in [1.807, 2.05) is 38.1 Å². The van der Waals surface area contributed by atoms with Crippen LogP contribution in [0.25, 0.3) is 0 Å². The number of anilines is 1. The molecule has 4 nitrogen and oxygen atoms in total. The van der Waals surface area contributed by atoms with Crippen LogP contribution in [0, 0.1) is 11.3 Å². The standard InChI is InChI=1S/C15H21N3O/c1-12(2)18(11-5-10-16)15(19)9-8-13-6-3-4-7-14(13)17/h3-4,6-7,12H,5,8-9,11,17H2,1-2H3. The van der Waals surface area contributed by atoms with E-state index in [-0.39, 0.29) is 11.9 Å². The lowest BCUT2D eigenvalue weighted by Gasteiger charge is -2.26. The molecule has 0 heterocycles. The fourth-order valence-electron chi connectivity index (χ4n) is 1.99. The number of hydrogen-bond donors (Lipinski definition) is 1. The van der Waals surface area contributed by atoms with Crippen LogP contribution in [0.1, 0.15) is 32.3 Å². The zero-order chi connectivity index (χ0) is 14.3. The topological polar surface area (TPSA) is 70.1 Å². The van der Waals surface area contributed by atoms with Gasteiger partial charge in [-0.05, 0) is 31.9 Å². The summed E-state index contributed by atoms with van der Waals surface area (Å²) in [6, 6.07) is 9.79. The first kappa shape index (κ1) is 15.0. The Hall–Kier alpha value is -2.02. The van der Waals surface area contributed by atoms with Crippen LogP contribution in [0.4, 0.5) is 5.69 Å².